The minimum Gasteiger partial charge on any atom is -0.308 e. The number of fused-ring (bicyclic) bond motifs is 7. The maximum atomic E-state index is 4.97. The molecule has 4 heterocycles. The number of hydrogen-bond donors (Lipinski definition) is 0. The fourth-order valence-corrected chi connectivity index (χ4v) is 7.35. The molecule has 0 saturated heterocycles. The number of nitrogens with zero attached hydrogens (tertiary/aromatic N) is 2. The van der Waals surface area contributed by atoms with E-state index in [1.54, 1.807) is 0 Å². The molecule has 7 rings (SSSR count). The van der Waals surface area contributed by atoms with E-state index < -0.39 is 0 Å². The van der Waals surface area contributed by atoms with Crippen molar-refractivity contribution >= 4 is 70.4 Å². The molecule has 0 saturated carbocycles. The van der Waals surface area contributed by atoms with E-state index in [1.807, 2.05) is 17.5 Å². The fourth-order valence-electron chi connectivity index (χ4n) is 6.18. The van der Waals surface area contributed by atoms with Gasteiger partial charge in [0.25, 0.3) is 0 Å². The van der Waals surface area contributed by atoms with Crippen molar-refractivity contribution in [2.24, 2.45) is 5.41 Å². The Labute approximate surface area is 203 Å². The van der Waals surface area contributed by atoms with Gasteiger partial charge in [-0.05, 0) is 78.9 Å². The van der Waals surface area contributed by atoms with Crippen LogP contribution in [0.15, 0.2) is 48.7 Å². The molecule has 0 unspecified atom stereocenters. The van der Waals surface area contributed by atoms with Crippen LogP contribution in [0.25, 0.3) is 59.1 Å². The SMILES string of the molecule is Cc1sc2cc3c4nccc5ccc6c7cc(CC(C)(C)C)ccc7n(c3c(C)c2c1C)c6c54. The lowest BCUT2D eigenvalue weighted by Gasteiger charge is -2.18. The van der Waals surface area contributed by atoms with Gasteiger partial charge in [-0.3, -0.25) is 4.98 Å². The minimum absolute atomic E-state index is 0.257. The third-order valence-electron chi connectivity index (χ3n) is 7.61. The average molecular weight is 461 g/mol. The molecule has 0 aliphatic rings. The lowest BCUT2D eigenvalue weighted by Crippen LogP contribution is -2.08. The van der Waals surface area contributed by atoms with Gasteiger partial charge in [-0.2, -0.15) is 0 Å². The molecule has 0 N–H and O–H groups in total. The van der Waals surface area contributed by atoms with E-state index in [-0.39, 0.29) is 5.41 Å². The standard InChI is InChI=1S/C31H28N2S/c1-16-18(3)34-25-14-23-28-27-20(11-12-32-28)8-9-21-22-13-19(15-31(4,5)6)7-10-24(22)33(30(21)27)29(23)17(2)26(16)25/h7-14H,15H2,1-6H3. The molecule has 3 heteroatoms. The van der Waals surface area contributed by atoms with E-state index in [4.69, 9.17) is 4.98 Å². The second-order valence-electron chi connectivity index (χ2n) is 11.2. The first-order chi connectivity index (χ1) is 16.2. The van der Waals surface area contributed by atoms with Crippen molar-refractivity contribution < 1.29 is 0 Å². The van der Waals surface area contributed by atoms with E-state index >= 15 is 0 Å². The van der Waals surface area contributed by atoms with Gasteiger partial charge in [-0.25, -0.2) is 0 Å². The first-order valence-corrected chi connectivity index (χ1v) is 12.9. The molecule has 34 heavy (non-hydrogen) atoms. The average Bonchev–Trinajstić information content (AvgIpc) is 3.26. The summed E-state index contributed by atoms with van der Waals surface area (Å²) in [7, 11) is 0. The molecule has 0 bridgehead atoms. The number of aryl methyl sites for hydroxylation is 3. The molecule has 7 aromatic rings. The van der Waals surface area contributed by atoms with Crippen LogP contribution in [0, 0.1) is 26.2 Å². The van der Waals surface area contributed by atoms with E-state index in [1.165, 1.54) is 75.1 Å². The Balaban J connectivity index is 1.78. The number of benzene rings is 3. The molecule has 0 radical (unpaired) electrons. The second-order valence-corrected chi connectivity index (χ2v) is 12.5. The Morgan fingerprint density at radius 1 is 0.824 bits per heavy atom. The van der Waals surface area contributed by atoms with Gasteiger partial charge in [-0.15, -0.1) is 11.3 Å². The Hall–Kier alpha value is -3.17. The number of pyridine rings is 2. The molecule has 0 fully saturated rings. The van der Waals surface area contributed by atoms with E-state index in [2.05, 4.69) is 88.4 Å². The summed E-state index contributed by atoms with van der Waals surface area (Å²) in [4.78, 5) is 6.37. The molecule has 2 nitrogen and oxygen atoms in total. The highest BCUT2D eigenvalue weighted by molar-refractivity contribution is 7.19. The lowest BCUT2D eigenvalue weighted by atomic mass is 9.88. The van der Waals surface area contributed by atoms with Crippen molar-refractivity contribution in [2.45, 2.75) is 48.0 Å². The summed E-state index contributed by atoms with van der Waals surface area (Å²) >= 11 is 1.90. The predicted octanol–water partition coefficient (Wildman–Crippen LogP) is 9.11. The summed E-state index contributed by atoms with van der Waals surface area (Å²) in [6.07, 6.45) is 3.04. The topological polar surface area (TPSA) is 17.3 Å². The maximum Gasteiger partial charge on any atom is 0.0823 e. The first-order valence-electron chi connectivity index (χ1n) is 12.1. The van der Waals surface area contributed by atoms with Crippen LogP contribution in [0.5, 0.6) is 0 Å². The fraction of sp³-hybridized carbons (Fsp3) is 0.258. The molecule has 0 aliphatic carbocycles. The van der Waals surface area contributed by atoms with Gasteiger partial charge in [0, 0.05) is 42.7 Å². The highest BCUT2D eigenvalue weighted by Gasteiger charge is 2.22. The highest BCUT2D eigenvalue weighted by atomic mass is 32.1. The zero-order valence-electron chi connectivity index (χ0n) is 20.6. The van der Waals surface area contributed by atoms with Gasteiger partial charge in [-0.1, -0.05) is 39.0 Å². The zero-order chi connectivity index (χ0) is 23.5. The number of thiophene rings is 1. The first kappa shape index (κ1) is 20.2. The van der Waals surface area contributed by atoms with E-state index in [9.17, 15) is 0 Å². The van der Waals surface area contributed by atoms with Gasteiger partial charge in [0.05, 0.1) is 22.1 Å². The summed E-state index contributed by atoms with van der Waals surface area (Å²) in [6, 6.07) is 16.3. The summed E-state index contributed by atoms with van der Waals surface area (Å²) in [5.74, 6) is 0. The third-order valence-corrected chi connectivity index (χ3v) is 8.76. The number of rotatable bonds is 1. The van der Waals surface area contributed by atoms with Crippen LogP contribution in [0.3, 0.4) is 0 Å². The summed E-state index contributed by atoms with van der Waals surface area (Å²) in [5, 5.41) is 7.89. The predicted molar refractivity (Wildman–Crippen MR) is 149 cm³/mol. The summed E-state index contributed by atoms with van der Waals surface area (Å²) in [5.41, 5.74) is 9.46. The molecule has 168 valence electrons. The monoisotopic (exact) mass is 460 g/mol. The Morgan fingerprint density at radius 2 is 1.65 bits per heavy atom. The van der Waals surface area contributed by atoms with E-state index in [0.717, 1.165) is 11.9 Å². The van der Waals surface area contributed by atoms with Crippen molar-refractivity contribution in [3.63, 3.8) is 0 Å². The van der Waals surface area contributed by atoms with Gasteiger partial charge in [0.1, 0.15) is 0 Å². The van der Waals surface area contributed by atoms with Crippen LogP contribution in [0.2, 0.25) is 0 Å². The Kier molecular flexibility index (Phi) is 3.86. The van der Waals surface area contributed by atoms with Crippen molar-refractivity contribution in [1.82, 2.24) is 9.38 Å². The molecule has 4 aromatic heterocycles. The van der Waals surface area contributed by atoms with Crippen LogP contribution in [-0.2, 0) is 6.42 Å². The summed E-state index contributed by atoms with van der Waals surface area (Å²) in [6.45, 7) is 13.8. The maximum absolute atomic E-state index is 4.97. The molecule has 0 spiro atoms. The van der Waals surface area contributed by atoms with Crippen molar-refractivity contribution in [2.75, 3.05) is 0 Å². The van der Waals surface area contributed by atoms with Crippen LogP contribution in [-0.4, -0.2) is 9.38 Å². The summed E-state index contributed by atoms with van der Waals surface area (Å²) < 4.78 is 3.91. The number of aromatic nitrogens is 2. The van der Waals surface area contributed by atoms with Crippen LogP contribution < -0.4 is 0 Å². The van der Waals surface area contributed by atoms with Gasteiger partial charge in [0.2, 0.25) is 0 Å². The van der Waals surface area contributed by atoms with Crippen LogP contribution in [0.4, 0.5) is 0 Å². The molecule has 0 atom stereocenters. The highest BCUT2D eigenvalue weighted by Crippen LogP contribution is 2.45. The minimum atomic E-state index is 0.257. The van der Waals surface area contributed by atoms with Crippen molar-refractivity contribution in [3.05, 3.63) is 70.2 Å². The van der Waals surface area contributed by atoms with Gasteiger partial charge in [0.15, 0.2) is 0 Å². The normalized spacial score (nSPS) is 13.1. The molecule has 0 aliphatic heterocycles. The zero-order valence-corrected chi connectivity index (χ0v) is 21.4. The van der Waals surface area contributed by atoms with Crippen LogP contribution >= 0.6 is 11.3 Å². The van der Waals surface area contributed by atoms with Crippen molar-refractivity contribution in [1.29, 1.82) is 0 Å². The molecule has 3 aromatic carbocycles. The number of hydrogen-bond acceptors (Lipinski definition) is 2. The van der Waals surface area contributed by atoms with Gasteiger partial charge < -0.3 is 4.40 Å². The largest absolute Gasteiger partial charge is 0.308 e. The Morgan fingerprint density at radius 3 is 2.44 bits per heavy atom. The molecule has 0 amide bonds. The van der Waals surface area contributed by atoms with Crippen molar-refractivity contribution in [3.8, 4) is 0 Å². The Bertz CT molecular complexity index is 1940. The smallest absolute Gasteiger partial charge is 0.0823 e. The van der Waals surface area contributed by atoms with Crippen LogP contribution in [0.1, 0.15) is 42.3 Å². The third kappa shape index (κ3) is 2.54. The van der Waals surface area contributed by atoms with E-state index in [0.29, 0.717) is 0 Å². The second kappa shape index (κ2) is 6.49. The molecular weight excluding hydrogens is 432 g/mol. The molecular formula is C31H28N2S. The van der Waals surface area contributed by atoms with Gasteiger partial charge >= 0.3 is 0 Å². The quantitative estimate of drug-likeness (QED) is 0.176. The lowest BCUT2D eigenvalue weighted by molar-refractivity contribution is 0.411.